The van der Waals surface area contributed by atoms with E-state index in [1.54, 1.807) is 0 Å². The molecule has 2 atom stereocenters. The van der Waals surface area contributed by atoms with Crippen LogP contribution in [-0.2, 0) is 0 Å². The van der Waals surface area contributed by atoms with E-state index in [1.165, 1.54) is 0 Å². The Balaban J connectivity index is 2.13. The van der Waals surface area contributed by atoms with Gasteiger partial charge in [-0.3, -0.25) is 0 Å². The molecule has 0 amide bonds. The van der Waals surface area contributed by atoms with Gasteiger partial charge in [-0.15, -0.1) is 0 Å². The maximum Gasteiger partial charge on any atom is 0.0602 e. The highest BCUT2D eigenvalue weighted by Crippen LogP contribution is 2.36. The van der Waals surface area contributed by atoms with Gasteiger partial charge in [0.25, 0.3) is 0 Å². The lowest BCUT2D eigenvalue weighted by Gasteiger charge is -2.34. The summed E-state index contributed by atoms with van der Waals surface area (Å²) in [6.07, 6.45) is 4.64. The largest absolute Gasteiger partial charge is 0.411 e. The van der Waals surface area contributed by atoms with Gasteiger partial charge in [-0.25, -0.2) is 0 Å². The Hall–Kier alpha value is -1.06. The average molecular weight is 182 g/mol. The van der Waals surface area contributed by atoms with Gasteiger partial charge in [0.05, 0.1) is 11.4 Å². The molecule has 2 aliphatic carbocycles. The highest BCUT2D eigenvalue weighted by Gasteiger charge is 2.34. The van der Waals surface area contributed by atoms with Crippen molar-refractivity contribution in [2.75, 3.05) is 0 Å². The Labute approximate surface area is 76.9 Å². The molecule has 2 bridgehead atoms. The van der Waals surface area contributed by atoms with Crippen molar-refractivity contribution in [1.82, 2.24) is 0 Å². The summed E-state index contributed by atoms with van der Waals surface area (Å²) in [4.78, 5) is 0. The van der Waals surface area contributed by atoms with E-state index in [4.69, 9.17) is 10.4 Å². The zero-order chi connectivity index (χ0) is 9.26. The molecular weight excluding hydrogens is 168 g/mol. The van der Waals surface area contributed by atoms with Crippen molar-refractivity contribution >= 4 is 11.4 Å². The van der Waals surface area contributed by atoms with Crippen LogP contribution in [0, 0.1) is 11.8 Å². The third-order valence-electron chi connectivity index (χ3n) is 3.27. The number of rotatable bonds is 0. The van der Waals surface area contributed by atoms with E-state index in [0.717, 1.165) is 43.5 Å². The van der Waals surface area contributed by atoms with E-state index < -0.39 is 0 Å². The minimum Gasteiger partial charge on any atom is -0.411 e. The summed E-state index contributed by atoms with van der Waals surface area (Å²) in [6, 6.07) is 0. The first-order valence-corrected chi connectivity index (χ1v) is 4.76. The third kappa shape index (κ3) is 1.41. The number of oxime groups is 2. The van der Waals surface area contributed by atoms with E-state index in [1.807, 2.05) is 0 Å². The van der Waals surface area contributed by atoms with Gasteiger partial charge in [0.1, 0.15) is 0 Å². The molecule has 4 nitrogen and oxygen atoms in total. The van der Waals surface area contributed by atoms with E-state index in [9.17, 15) is 0 Å². The number of hydrogen-bond acceptors (Lipinski definition) is 4. The highest BCUT2D eigenvalue weighted by atomic mass is 16.4. The van der Waals surface area contributed by atoms with Gasteiger partial charge in [0.15, 0.2) is 0 Å². The molecule has 0 aromatic carbocycles. The molecule has 2 rings (SSSR count). The van der Waals surface area contributed by atoms with Crippen LogP contribution in [0.15, 0.2) is 10.3 Å². The van der Waals surface area contributed by atoms with Gasteiger partial charge in [-0.2, -0.15) is 0 Å². The van der Waals surface area contributed by atoms with E-state index in [0.29, 0.717) is 11.8 Å². The van der Waals surface area contributed by atoms with E-state index in [-0.39, 0.29) is 0 Å². The molecule has 13 heavy (non-hydrogen) atoms. The molecule has 0 saturated heterocycles. The Bertz CT molecular complexity index is 234. The molecule has 2 N–H and O–H groups in total. The van der Waals surface area contributed by atoms with Gasteiger partial charge in [-0.05, 0) is 32.1 Å². The second kappa shape index (κ2) is 3.36. The van der Waals surface area contributed by atoms with Crippen molar-refractivity contribution in [3.63, 3.8) is 0 Å². The molecule has 0 spiro atoms. The van der Waals surface area contributed by atoms with Crippen LogP contribution in [0.2, 0.25) is 0 Å². The number of hydrogen-bond donors (Lipinski definition) is 2. The fourth-order valence-electron chi connectivity index (χ4n) is 2.50. The fraction of sp³-hybridized carbons (Fsp3) is 0.778. The van der Waals surface area contributed by atoms with Crippen molar-refractivity contribution in [3.8, 4) is 0 Å². The highest BCUT2D eigenvalue weighted by molar-refractivity contribution is 5.94. The first-order chi connectivity index (χ1) is 6.35. The van der Waals surface area contributed by atoms with Crippen LogP contribution in [0.3, 0.4) is 0 Å². The molecule has 2 saturated carbocycles. The topological polar surface area (TPSA) is 65.2 Å². The second-order valence-electron chi connectivity index (χ2n) is 3.89. The standard InChI is InChI=1S/C9H14N2O2/c12-10-8-3-1-6-5-7(8)2-4-9(6)11-13/h6-7,12-13H,1-5H2. The molecule has 0 aliphatic heterocycles. The molecule has 0 aromatic heterocycles. The van der Waals surface area contributed by atoms with Crippen molar-refractivity contribution < 1.29 is 10.4 Å². The molecule has 2 unspecified atom stereocenters. The van der Waals surface area contributed by atoms with Crippen molar-refractivity contribution in [3.05, 3.63) is 0 Å². The Kier molecular flexibility index (Phi) is 2.20. The van der Waals surface area contributed by atoms with Crippen LogP contribution in [-0.4, -0.2) is 21.8 Å². The average Bonchev–Trinajstić information content (AvgIpc) is 2.19. The molecule has 2 aliphatic rings. The smallest absolute Gasteiger partial charge is 0.0602 e. The summed E-state index contributed by atoms with van der Waals surface area (Å²) in [6.45, 7) is 0. The first kappa shape index (κ1) is 8.53. The predicted molar refractivity (Wildman–Crippen MR) is 48.5 cm³/mol. The van der Waals surface area contributed by atoms with Gasteiger partial charge in [-0.1, -0.05) is 10.3 Å². The van der Waals surface area contributed by atoms with Crippen molar-refractivity contribution in [2.45, 2.75) is 32.1 Å². The predicted octanol–water partition coefficient (Wildman–Crippen LogP) is 1.86. The van der Waals surface area contributed by atoms with Gasteiger partial charge < -0.3 is 10.4 Å². The monoisotopic (exact) mass is 182 g/mol. The minimum atomic E-state index is 0.425. The lowest BCUT2D eigenvalue weighted by Crippen LogP contribution is -2.34. The van der Waals surface area contributed by atoms with Gasteiger partial charge in [0.2, 0.25) is 0 Å². The van der Waals surface area contributed by atoms with Crippen molar-refractivity contribution in [1.29, 1.82) is 0 Å². The number of nitrogens with zero attached hydrogens (tertiary/aromatic N) is 2. The summed E-state index contributed by atoms with van der Waals surface area (Å²) in [5.41, 5.74) is 1.88. The van der Waals surface area contributed by atoms with Gasteiger partial charge >= 0.3 is 0 Å². The van der Waals surface area contributed by atoms with Crippen LogP contribution >= 0.6 is 0 Å². The van der Waals surface area contributed by atoms with Crippen molar-refractivity contribution in [2.24, 2.45) is 22.1 Å². The molecule has 4 heteroatoms. The summed E-state index contributed by atoms with van der Waals surface area (Å²) in [7, 11) is 0. The number of fused-ring (bicyclic) bond motifs is 2. The third-order valence-corrected chi connectivity index (χ3v) is 3.27. The summed E-state index contributed by atoms with van der Waals surface area (Å²) < 4.78 is 0. The maximum absolute atomic E-state index is 8.73. The SMILES string of the molecule is ON=C1CCC2CC1CCC2=NO. The fourth-order valence-corrected chi connectivity index (χ4v) is 2.50. The Morgan fingerprint density at radius 3 is 1.77 bits per heavy atom. The normalized spacial score (nSPS) is 39.7. The van der Waals surface area contributed by atoms with Gasteiger partial charge in [0, 0.05) is 11.8 Å². The quantitative estimate of drug-likeness (QED) is 0.443. The van der Waals surface area contributed by atoms with E-state index >= 15 is 0 Å². The lowest BCUT2D eigenvalue weighted by atomic mass is 9.70. The summed E-state index contributed by atoms with van der Waals surface area (Å²) >= 11 is 0. The molecule has 0 heterocycles. The molecule has 0 radical (unpaired) electrons. The molecule has 2 fully saturated rings. The minimum absolute atomic E-state index is 0.425. The Morgan fingerprint density at radius 1 is 0.923 bits per heavy atom. The second-order valence-corrected chi connectivity index (χ2v) is 3.89. The first-order valence-electron chi connectivity index (χ1n) is 4.76. The maximum atomic E-state index is 8.73. The van der Waals surface area contributed by atoms with Crippen LogP contribution in [0.25, 0.3) is 0 Å². The van der Waals surface area contributed by atoms with E-state index in [2.05, 4.69) is 10.3 Å². The molecule has 72 valence electrons. The Morgan fingerprint density at radius 2 is 1.38 bits per heavy atom. The summed E-state index contributed by atoms with van der Waals surface area (Å²) in [5, 5.41) is 24.1. The molecular formula is C9H14N2O2. The zero-order valence-electron chi connectivity index (χ0n) is 7.48. The van der Waals surface area contributed by atoms with Crippen LogP contribution < -0.4 is 0 Å². The summed E-state index contributed by atoms with van der Waals surface area (Å²) in [5.74, 6) is 0.850. The van der Waals surface area contributed by atoms with Crippen LogP contribution in [0.5, 0.6) is 0 Å². The van der Waals surface area contributed by atoms with Crippen LogP contribution in [0.1, 0.15) is 32.1 Å². The molecule has 0 aromatic rings. The lowest BCUT2D eigenvalue weighted by molar-refractivity contribution is 0.288. The zero-order valence-corrected chi connectivity index (χ0v) is 7.48. The van der Waals surface area contributed by atoms with Crippen LogP contribution in [0.4, 0.5) is 0 Å².